The summed E-state index contributed by atoms with van der Waals surface area (Å²) in [6.07, 6.45) is 1.58. The minimum atomic E-state index is 0.718. The summed E-state index contributed by atoms with van der Waals surface area (Å²) < 4.78 is 5.08. The van der Waals surface area contributed by atoms with Crippen molar-refractivity contribution in [1.82, 2.24) is 15.4 Å². The van der Waals surface area contributed by atoms with Crippen molar-refractivity contribution in [2.24, 2.45) is 0 Å². The summed E-state index contributed by atoms with van der Waals surface area (Å²) in [4.78, 5) is 0. The average Bonchev–Trinajstić information content (AvgIpc) is 2.36. The number of rotatable bonds is 0. The summed E-state index contributed by atoms with van der Waals surface area (Å²) in [5.41, 5.74) is 2.25. The lowest BCUT2D eigenvalue weighted by Crippen LogP contribution is -1.88. The van der Waals surface area contributed by atoms with Gasteiger partial charge in [-0.15, -0.1) is 10.2 Å². The largest absolute Gasteiger partial charge is 0.461 e. The molecular formula is C6H5N3O. The van der Waals surface area contributed by atoms with Gasteiger partial charge in [0.05, 0.1) is 6.26 Å². The summed E-state index contributed by atoms with van der Waals surface area (Å²) >= 11 is 0. The number of furan rings is 1. The third-order valence-electron chi connectivity index (χ3n) is 1.32. The Labute approximate surface area is 56.9 Å². The minimum absolute atomic E-state index is 0.718. The van der Waals surface area contributed by atoms with Gasteiger partial charge >= 0.3 is 0 Å². The lowest BCUT2D eigenvalue weighted by atomic mass is 10.4. The van der Waals surface area contributed by atoms with E-state index in [1.165, 1.54) is 0 Å². The molecule has 0 unspecified atom stereocenters. The van der Waals surface area contributed by atoms with E-state index in [0.717, 1.165) is 16.8 Å². The second-order valence-corrected chi connectivity index (χ2v) is 2.01. The lowest BCUT2D eigenvalue weighted by Gasteiger charge is -1.86. The van der Waals surface area contributed by atoms with Crippen molar-refractivity contribution < 1.29 is 4.42 Å². The second kappa shape index (κ2) is 1.76. The molecule has 0 bridgehead atoms. The predicted molar refractivity (Wildman–Crippen MR) is 34.3 cm³/mol. The van der Waals surface area contributed by atoms with Gasteiger partial charge < -0.3 is 4.42 Å². The van der Waals surface area contributed by atoms with E-state index in [-0.39, 0.29) is 0 Å². The highest BCUT2D eigenvalue weighted by Gasteiger charge is 2.01. The van der Waals surface area contributed by atoms with Crippen LogP contribution >= 0.6 is 0 Å². The molecule has 0 aromatic carbocycles. The summed E-state index contributed by atoms with van der Waals surface area (Å²) in [6.45, 7) is 1.83. The van der Waals surface area contributed by atoms with Crippen molar-refractivity contribution in [2.45, 2.75) is 6.92 Å². The zero-order valence-electron chi connectivity index (χ0n) is 5.40. The van der Waals surface area contributed by atoms with Crippen LogP contribution < -0.4 is 0 Å². The molecule has 0 aliphatic rings. The second-order valence-electron chi connectivity index (χ2n) is 2.01. The molecule has 0 saturated carbocycles. The molecular weight excluding hydrogens is 130 g/mol. The molecule has 0 radical (unpaired) electrons. The normalized spacial score (nSPS) is 10.5. The Morgan fingerprint density at radius 2 is 2.30 bits per heavy atom. The van der Waals surface area contributed by atoms with E-state index in [1.54, 1.807) is 12.3 Å². The Morgan fingerprint density at radius 3 is 3.10 bits per heavy atom. The Hall–Kier alpha value is -1.45. The van der Waals surface area contributed by atoms with E-state index in [2.05, 4.69) is 15.4 Å². The van der Waals surface area contributed by atoms with Gasteiger partial charge in [0.25, 0.3) is 0 Å². The number of aryl methyl sites for hydroxylation is 1. The third kappa shape index (κ3) is 0.586. The highest BCUT2D eigenvalue weighted by atomic mass is 16.3. The van der Waals surface area contributed by atoms with Crippen molar-refractivity contribution >= 4 is 11.1 Å². The van der Waals surface area contributed by atoms with Crippen LogP contribution in [0.4, 0.5) is 0 Å². The van der Waals surface area contributed by atoms with Gasteiger partial charge in [-0.3, -0.25) is 0 Å². The van der Waals surface area contributed by atoms with Gasteiger partial charge in [-0.25, -0.2) is 0 Å². The van der Waals surface area contributed by atoms with E-state index in [4.69, 9.17) is 4.42 Å². The SMILES string of the molecule is Cc1nnnc2ccoc12. The van der Waals surface area contributed by atoms with Crippen molar-refractivity contribution in [1.29, 1.82) is 0 Å². The van der Waals surface area contributed by atoms with Gasteiger partial charge in [0.2, 0.25) is 0 Å². The first-order chi connectivity index (χ1) is 4.88. The molecule has 0 fully saturated rings. The van der Waals surface area contributed by atoms with E-state index in [0.29, 0.717) is 0 Å². The monoisotopic (exact) mass is 135 g/mol. The molecule has 0 N–H and O–H groups in total. The predicted octanol–water partition coefficient (Wildman–Crippen LogP) is 0.926. The number of hydrogen-bond acceptors (Lipinski definition) is 4. The van der Waals surface area contributed by atoms with Crippen LogP contribution in [0, 0.1) is 6.92 Å². The maximum Gasteiger partial charge on any atom is 0.177 e. The fourth-order valence-electron chi connectivity index (χ4n) is 0.835. The fourth-order valence-corrected chi connectivity index (χ4v) is 0.835. The molecule has 2 aromatic heterocycles. The summed E-state index contributed by atoms with van der Waals surface area (Å²) in [6, 6.07) is 1.76. The molecule has 0 amide bonds. The van der Waals surface area contributed by atoms with E-state index in [1.807, 2.05) is 6.92 Å². The van der Waals surface area contributed by atoms with Crippen LogP contribution in [0.1, 0.15) is 5.69 Å². The molecule has 4 nitrogen and oxygen atoms in total. The van der Waals surface area contributed by atoms with Crippen LogP contribution in [0.5, 0.6) is 0 Å². The number of nitrogens with zero attached hydrogens (tertiary/aromatic N) is 3. The third-order valence-corrected chi connectivity index (χ3v) is 1.32. The van der Waals surface area contributed by atoms with Crippen LogP contribution in [0.3, 0.4) is 0 Å². The molecule has 0 aliphatic carbocycles. The fraction of sp³-hybridized carbons (Fsp3) is 0.167. The lowest BCUT2D eigenvalue weighted by molar-refractivity contribution is 0.606. The highest BCUT2D eigenvalue weighted by Crippen LogP contribution is 2.12. The molecule has 0 spiro atoms. The Bertz CT molecular complexity index is 355. The van der Waals surface area contributed by atoms with Gasteiger partial charge in [-0.2, -0.15) is 0 Å². The smallest absolute Gasteiger partial charge is 0.177 e. The zero-order valence-corrected chi connectivity index (χ0v) is 5.40. The van der Waals surface area contributed by atoms with Crippen LogP contribution in [0.25, 0.3) is 11.1 Å². The van der Waals surface area contributed by atoms with Crippen molar-refractivity contribution in [3.63, 3.8) is 0 Å². The molecule has 2 heterocycles. The van der Waals surface area contributed by atoms with E-state index in [9.17, 15) is 0 Å². The first-order valence-electron chi connectivity index (χ1n) is 2.91. The molecule has 50 valence electrons. The molecule has 2 aromatic rings. The van der Waals surface area contributed by atoms with E-state index < -0.39 is 0 Å². The van der Waals surface area contributed by atoms with Crippen LogP contribution in [0.2, 0.25) is 0 Å². The maximum atomic E-state index is 5.08. The Balaban J connectivity index is 2.95. The summed E-state index contributed by atoms with van der Waals surface area (Å²) in [7, 11) is 0. The van der Waals surface area contributed by atoms with Gasteiger partial charge in [-0.05, 0) is 12.1 Å². The molecule has 2 rings (SSSR count). The van der Waals surface area contributed by atoms with Crippen LogP contribution in [-0.4, -0.2) is 15.4 Å². The molecule has 0 saturated heterocycles. The zero-order chi connectivity index (χ0) is 6.97. The molecule has 0 atom stereocenters. The standard InChI is InChI=1S/C6H5N3O/c1-4-6-5(2-3-10-6)8-9-7-4/h2-3H,1H3. The highest BCUT2D eigenvalue weighted by molar-refractivity contribution is 5.73. The molecule has 10 heavy (non-hydrogen) atoms. The number of fused-ring (bicyclic) bond motifs is 1. The molecule has 0 aliphatic heterocycles. The van der Waals surface area contributed by atoms with Gasteiger partial charge in [-0.1, -0.05) is 0 Å². The van der Waals surface area contributed by atoms with Crippen LogP contribution in [-0.2, 0) is 0 Å². The quantitative estimate of drug-likeness (QED) is 0.539. The first-order valence-corrected chi connectivity index (χ1v) is 2.91. The first kappa shape index (κ1) is 5.34. The Kier molecular flexibility index (Phi) is 0.943. The maximum absolute atomic E-state index is 5.08. The van der Waals surface area contributed by atoms with E-state index >= 15 is 0 Å². The van der Waals surface area contributed by atoms with Gasteiger partial charge in [0.15, 0.2) is 5.58 Å². The van der Waals surface area contributed by atoms with Crippen molar-refractivity contribution in [3.8, 4) is 0 Å². The van der Waals surface area contributed by atoms with Crippen molar-refractivity contribution in [3.05, 3.63) is 18.0 Å². The number of aromatic nitrogens is 3. The summed E-state index contributed by atoms with van der Waals surface area (Å²) in [5.74, 6) is 0. The Morgan fingerprint density at radius 1 is 1.40 bits per heavy atom. The summed E-state index contributed by atoms with van der Waals surface area (Å²) in [5, 5.41) is 11.0. The average molecular weight is 135 g/mol. The number of hydrogen-bond donors (Lipinski definition) is 0. The van der Waals surface area contributed by atoms with Gasteiger partial charge in [0.1, 0.15) is 11.2 Å². The topological polar surface area (TPSA) is 51.8 Å². The van der Waals surface area contributed by atoms with Crippen LogP contribution in [0.15, 0.2) is 16.7 Å². The van der Waals surface area contributed by atoms with Gasteiger partial charge in [0, 0.05) is 6.07 Å². The molecule has 4 heteroatoms. The van der Waals surface area contributed by atoms with Crippen molar-refractivity contribution in [2.75, 3.05) is 0 Å². The minimum Gasteiger partial charge on any atom is -0.461 e.